The third-order valence-corrected chi connectivity index (χ3v) is 4.04. The van der Waals surface area contributed by atoms with Gasteiger partial charge in [0, 0.05) is 10.7 Å². The van der Waals surface area contributed by atoms with Gasteiger partial charge in [0.15, 0.2) is 16.6 Å². The Bertz CT molecular complexity index is 873. The Morgan fingerprint density at radius 2 is 1.88 bits per heavy atom. The Labute approximate surface area is 151 Å². The number of benzene rings is 2. The van der Waals surface area contributed by atoms with Gasteiger partial charge in [-0.05, 0) is 36.4 Å². The average Bonchev–Trinajstić information content (AvgIpc) is 3.03. The minimum atomic E-state index is -0.458. The lowest BCUT2D eigenvalue weighted by molar-refractivity contribution is 0.262. The topological polar surface area (TPSA) is 76.1 Å². The molecule has 128 valence electrons. The van der Waals surface area contributed by atoms with Crippen molar-refractivity contribution in [1.82, 2.24) is 10.2 Å². The zero-order valence-corrected chi connectivity index (χ0v) is 14.3. The first-order valence-electron chi connectivity index (χ1n) is 7.13. The zero-order valence-electron chi connectivity index (χ0n) is 12.7. The molecule has 2 N–H and O–H groups in total. The lowest BCUT2D eigenvalue weighted by Crippen LogP contribution is -2.19. The molecule has 2 amide bonds. The van der Waals surface area contributed by atoms with Crippen molar-refractivity contribution in [3.05, 3.63) is 64.4 Å². The highest BCUT2D eigenvalue weighted by Gasteiger charge is 2.10. The third-order valence-electron chi connectivity index (χ3n) is 2.98. The highest BCUT2D eigenvalue weighted by atomic mass is 35.5. The summed E-state index contributed by atoms with van der Waals surface area (Å²) in [6.07, 6.45) is 0. The maximum Gasteiger partial charge on any atom is 0.325 e. The lowest BCUT2D eigenvalue weighted by Gasteiger charge is -2.05. The molecule has 0 radical (unpaired) electrons. The molecule has 0 saturated carbocycles. The number of rotatable bonds is 5. The highest BCUT2D eigenvalue weighted by Crippen LogP contribution is 2.20. The molecule has 3 aromatic rings. The van der Waals surface area contributed by atoms with Crippen molar-refractivity contribution in [2.75, 3.05) is 10.6 Å². The standard InChI is InChI=1S/C16H12ClFN4O2S/c17-10-5-7-11(8-6-10)19-15(23)20-16-22-21-14(25-16)9-24-13-4-2-1-3-12(13)18/h1-8H,9H2,(H2,19,20,22,23). The van der Waals surface area contributed by atoms with Crippen LogP contribution in [0.4, 0.5) is 20.0 Å². The highest BCUT2D eigenvalue weighted by molar-refractivity contribution is 7.15. The summed E-state index contributed by atoms with van der Waals surface area (Å²) in [6, 6.07) is 12.3. The van der Waals surface area contributed by atoms with Crippen molar-refractivity contribution in [3.63, 3.8) is 0 Å². The maximum atomic E-state index is 13.5. The second kappa shape index (κ2) is 7.91. The summed E-state index contributed by atoms with van der Waals surface area (Å²) in [7, 11) is 0. The van der Waals surface area contributed by atoms with Crippen molar-refractivity contribution in [3.8, 4) is 5.75 Å². The molecule has 0 unspecified atom stereocenters. The maximum absolute atomic E-state index is 13.5. The van der Waals surface area contributed by atoms with E-state index in [0.717, 1.165) is 11.3 Å². The molecule has 9 heteroatoms. The van der Waals surface area contributed by atoms with Gasteiger partial charge >= 0.3 is 6.03 Å². The van der Waals surface area contributed by atoms with Gasteiger partial charge in [-0.2, -0.15) is 0 Å². The quantitative estimate of drug-likeness (QED) is 0.682. The smallest absolute Gasteiger partial charge is 0.325 e. The molecule has 0 aliphatic rings. The number of nitrogens with zero attached hydrogens (tertiary/aromatic N) is 2. The van der Waals surface area contributed by atoms with E-state index in [4.69, 9.17) is 16.3 Å². The SMILES string of the molecule is O=C(Nc1ccc(Cl)cc1)Nc1nnc(COc2ccccc2F)s1. The second-order valence-corrected chi connectivity index (χ2v) is 6.30. The van der Waals surface area contributed by atoms with Crippen LogP contribution < -0.4 is 15.4 Å². The van der Waals surface area contributed by atoms with Crippen LogP contribution >= 0.6 is 22.9 Å². The summed E-state index contributed by atoms with van der Waals surface area (Å²) in [6.45, 7) is 0.0546. The predicted octanol–water partition coefficient (Wildman–Crippen LogP) is 4.55. The van der Waals surface area contributed by atoms with Crippen LogP contribution in [0, 0.1) is 5.82 Å². The zero-order chi connectivity index (χ0) is 17.6. The van der Waals surface area contributed by atoms with Crippen LogP contribution in [-0.2, 0) is 6.61 Å². The molecule has 0 saturated heterocycles. The van der Waals surface area contributed by atoms with E-state index in [-0.39, 0.29) is 12.4 Å². The molecule has 1 aromatic heterocycles. The number of para-hydroxylation sites is 1. The number of hydrogen-bond donors (Lipinski definition) is 2. The van der Waals surface area contributed by atoms with Crippen LogP contribution in [0.2, 0.25) is 5.02 Å². The van der Waals surface area contributed by atoms with Gasteiger partial charge in [-0.15, -0.1) is 10.2 Å². The first-order valence-corrected chi connectivity index (χ1v) is 8.33. The van der Waals surface area contributed by atoms with E-state index in [0.29, 0.717) is 20.8 Å². The first kappa shape index (κ1) is 17.1. The van der Waals surface area contributed by atoms with Crippen LogP contribution in [0.5, 0.6) is 5.75 Å². The summed E-state index contributed by atoms with van der Waals surface area (Å²) in [5.41, 5.74) is 0.592. The molecule has 1 heterocycles. The number of ether oxygens (including phenoxy) is 1. The minimum Gasteiger partial charge on any atom is -0.483 e. The number of urea groups is 1. The molecule has 0 atom stereocenters. The fourth-order valence-corrected chi connectivity index (χ4v) is 2.63. The van der Waals surface area contributed by atoms with Crippen LogP contribution in [0.1, 0.15) is 5.01 Å². The summed E-state index contributed by atoms with van der Waals surface area (Å²) in [5.74, 6) is -0.319. The van der Waals surface area contributed by atoms with Crippen molar-refractivity contribution < 1.29 is 13.9 Å². The normalized spacial score (nSPS) is 10.3. The van der Waals surface area contributed by atoms with Gasteiger partial charge in [-0.25, -0.2) is 9.18 Å². The summed E-state index contributed by atoms with van der Waals surface area (Å²) >= 11 is 6.92. The Hall–Kier alpha value is -2.71. The Morgan fingerprint density at radius 3 is 2.64 bits per heavy atom. The van der Waals surface area contributed by atoms with Crippen LogP contribution in [0.15, 0.2) is 48.5 Å². The van der Waals surface area contributed by atoms with Gasteiger partial charge in [-0.3, -0.25) is 5.32 Å². The molecular weight excluding hydrogens is 367 g/mol. The lowest BCUT2D eigenvalue weighted by atomic mass is 10.3. The van der Waals surface area contributed by atoms with E-state index >= 15 is 0 Å². The van der Waals surface area contributed by atoms with E-state index in [1.165, 1.54) is 12.1 Å². The Morgan fingerprint density at radius 1 is 1.12 bits per heavy atom. The minimum absolute atomic E-state index is 0.0546. The van der Waals surface area contributed by atoms with Crippen LogP contribution in [0.25, 0.3) is 0 Å². The summed E-state index contributed by atoms with van der Waals surface area (Å²) in [5, 5.41) is 14.3. The predicted molar refractivity (Wildman–Crippen MR) is 94.7 cm³/mol. The fraction of sp³-hybridized carbons (Fsp3) is 0.0625. The van der Waals surface area contributed by atoms with Crippen molar-refractivity contribution in [2.24, 2.45) is 0 Å². The monoisotopic (exact) mass is 378 g/mol. The Kier molecular flexibility index (Phi) is 5.42. The number of aromatic nitrogens is 2. The molecule has 6 nitrogen and oxygen atoms in total. The molecule has 0 bridgehead atoms. The van der Waals surface area contributed by atoms with Crippen molar-refractivity contribution in [1.29, 1.82) is 0 Å². The van der Waals surface area contributed by atoms with Gasteiger partial charge in [0.1, 0.15) is 6.61 Å². The largest absolute Gasteiger partial charge is 0.483 e. The number of carbonyl (C=O) groups is 1. The summed E-state index contributed by atoms with van der Waals surface area (Å²) < 4.78 is 18.8. The fourth-order valence-electron chi connectivity index (χ4n) is 1.86. The molecule has 3 rings (SSSR count). The van der Waals surface area contributed by atoms with E-state index in [2.05, 4.69) is 20.8 Å². The molecular formula is C16H12ClFN4O2S. The molecule has 25 heavy (non-hydrogen) atoms. The van der Waals surface area contributed by atoms with E-state index in [1.54, 1.807) is 36.4 Å². The van der Waals surface area contributed by atoms with Crippen LogP contribution in [0.3, 0.4) is 0 Å². The average molecular weight is 379 g/mol. The number of nitrogens with one attached hydrogen (secondary N) is 2. The number of hydrogen-bond acceptors (Lipinski definition) is 5. The molecule has 0 aliphatic heterocycles. The van der Waals surface area contributed by atoms with E-state index in [9.17, 15) is 9.18 Å². The number of anilines is 2. The molecule has 2 aromatic carbocycles. The van der Waals surface area contributed by atoms with Crippen LogP contribution in [-0.4, -0.2) is 16.2 Å². The van der Waals surface area contributed by atoms with E-state index < -0.39 is 11.8 Å². The summed E-state index contributed by atoms with van der Waals surface area (Å²) in [4.78, 5) is 11.9. The van der Waals surface area contributed by atoms with Crippen molar-refractivity contribution in [2.45, 2.75) is 6.61 Å². The molecule has 0 fully saturated rings. The van der Waals surface area contributed by atoms with Gasteiger partial charge in [0.05, 0.1) is 0 Å². The first-order chi connectivity index (χ1) is 12.1. The number of amides is 2. The molecule has 0 aliphatic carbocycles. The van der Waals surface area contributed by atoms with Gasteiger partial charge in [0.2, 0.25) is 5.13 Å². The second-order valence-electron chi connectivity index (χ2n) is 4.81. The Balaban J connectivity index is 1.53. The van der Waals surface area contributed by atoms with E-state index in [1.807, 2.05) is 0 Å². The number of carbonyl (C=O) groups excluding carboxylic acids is 1. The van der Waals surface area contributed by atoms with Crippen molar-refractivity contribution >= 4 is 39.8 Å². The number of halogens is 2. The van der Waals surface area contributed by atoms with Gasteiger partial charge in [0.25, 0.3) is 0 Å². The van der Waals surface area contributed by atoms with Gasteiger partial charge < -0.3 is 10.1 Å². The molecule has 0 spiro atoms. The third kappa shape index (κ3) is 4.88. The van der Waals surface area contributed by atoms with Gasteiger partial charge in [-0.1, -0.05) is 35.1 Å².